The fourth-order valence-electron chi connectivity index (χ4n) is 3.10. The van der Waals surface area contributed by atoms with Gasteiger partial charge in [-0.2, -0.15) is 4.98 Å². The highest BCUT2D eigenvalue weighted by atomic mass is 32.2. The molecule has 0 fully saturated rings. The second-order valence-electron chi connectivity index (χ2n) is 6.55. The number of thioether (sulfide) groups is 1. The molecule has 0 unspecified atom stereocenters. The molecule has 5 rings (SSSR count). The number of hydrogen-bond acceptors (Lipinski definition) is 7. The molecule has 0 aliphatic heterocycles. The topological polar surface area (TPSA) is 73.8 Å². The first-order valence-corrected chi connectivity index (χ1v) is 11.2. The first-order chi connectivity index (χ1) is 14.8. The van der Waals surface area contributed by atoms with E-state index in [0.29, 0.717) is 40.1 Å². The minimum absolute atomic E-state index is 0.0491. The number of nitrogens with zero attached hydrogens (tertiary/aromatic N) is 4. The molecular formula is C22H16N4O2S2. The number of rotatable bonds is 6. The van der Waals surface area contributed by atoms with Crippen LogP contribution in [0.2, 0.25) is 0 Å². The molecule has 0 spiro atoms. The van der Waals surface area contributed by atoms with E-state index >= 15 is 0 Å². The Bertz CT molecular complexity index is 1340. The van der Waals surface area contributed by atoms with Crippen molar-refractivity contribution in [3.63, 3.8) is 0 Å². The fraction of sp³-hybridized carbons (Fsp3) is 0.0909. The highest BCUT2D eigenvalue weighted by molar-refractivity contribution is 7.98. The molecule has 0 bridgehead atoms. The maximum absolute atomic E-state index is 13.1. The van der Waals surface area contributed by atoms with E-state index in [2.05, 4.69) is 10.1 Å². The zero-order valence-corrected chi connectivity index (χ0v) is 17.4. The second-order valence-corrected chi connectivity index (χ2v) is 8.52. The molecule has 0 aliphatic carbocycles. The number of thiophene rings is 1. The Morgan fingerprint density at radius 1 is 0.967 bits per heavy atom. The van der Waals surface area contributed by atoms with Crippen molar-refractivity contribution < 1.29 is 4.52 Å². The first-order valence-electron chi connectivity index (χ1n) is 9.31. The molecule has 148 valence electrons. The van der Waals surface area contributed by atoms with Crippen molar-refractivity contribution in [3.8, 4) is 11.4 Å². The van der Waals surface area contributed by atoms with Crippen molar-refractivity contribution in [2.75, 3.05) is 0 Å². The van der Waals surface area contributed by atoms with E-state index in [1.165, 1.54) is 11.8 Å². The van der Waals surface area contributed by atoms with Crippen LogP contribution in [0.1, 0.15) is 10.8 Å². The van der Waals surface area contributed by atoms with Crippen molar-refractivity contribution in [1.82, 2.24) is 19.7 Å². The zero-order chi connectivity index (χ0) is 20.3. The van der Waals surface area contributed by atoms with E-state index in [9.17, 15) is 4.79 Å². The van der Waals surface area contributed by atoms with Crippen molar-refractivity contribution in [3.05, 3.63) is 93.2 Å². The summed E-state index contributed by atoms with van der Waals surface area (Å²) >= 11 is 3.04. The largest absolute Gasteiger partial charge is 0.338 e. The maximum Gasteiger partial charge on any atom is 0.262 e. The number of fused-ring (bicyclic) bond motifs is 1. The van der Waals surface area contributed by atoms with Gasteiger partial charge >= 0.3 is 0 Å². The van der Waals surface area contributed by atoms with Gasteiger partial charge in [-0.25, -0.2) is 4.98 Å². The Kier molecular flexibility index (Phi) is 5.17. The summed E-state index contributed by atoms with van der Waals surface area (Å²) in [4.78, 5) is 23.4. The Morgan fingerprint density at radius 2 is 1.80 bits per heavy atom. The van der Waals surface area contributed by atoms with Gasteiger partial charge in [0.05, 0.1) is 23.2 Å². The summed E-state index contributed by atoms with van der Waals surface area (Å²) in [5.74, 6) is 1.47. The molecule has 0 amide bonds. The average Bonchev–Trinajstić information content (AvgIpc) is 3.47. The molecule has 2 aromatic carbocycles. The number of hydrogen-bond donors (Lipinski definition) is 0. The second kappa shape index (κ2) is 8.25. The molecule has 0 aliphatic rings. The highest BCUT2D eigenvalue weighted by Crippen LogP contribution is 2.24. The molecule has 5 aromatic rings. The lowest BCUT2D eigenvalue weighted by Crippen LogP contribution is -2.23. The molecule has 0 N–H and O–H groups in total. The average molecular weight is 433 g/mol. The third-order valence-corrected chi connectivity index (χ3v) is 6.37. The molecule has 3 aromatic heterocycles. The van der Waals surface area contributed by atoms with E-state index < -0.39 is 0 Å². The third-order valence-electron chi connectivity index (χ3n) is 4.55. The minimum atomic E-state index is -0.0491. The van der Waals surface area contributed by atoms with Crippen LogP contribution < -0.4 is 5.56 Å². The zero-order valence-electron chi connectivity index (χ0n) is 15.8. The van der Waals surface area contributed by atoms with E-state index in [1.54, 1.807) is 15.9 Å². The number of para-hydroxylation sites is 1. The van der Waals surface area contributed by atoms with Gasteiger partial charge in [-0.15, -0.1) is 11.3 Å². The van der Waals surface area contributed by atoms with Gasteiger partial charge in [0.1, 0.15) is 0 Å². The predicted molar refractivity (Wildman–Crippen MR) is 119 cm³/mol. The smallest absolute Gasteiger partial charge is 0.262 e. The third kappa shape index (κ3) is 3.79. The summed E-state index contributed by atoms with van der Waals surface area (Å²) in [6.07, 6.45) is 0. The lowest BCUT2D eigenvalue weighted by Gasteiger charge is -2.11. The van der Waals surface area contributed by atoms with Crippen LogP contribution in [0.4, 0.5) is 0 Å². The molecule has 0 atom stereocenters. The summed E-state index contributed by atoms with van der Waals surface area (Å²) in [6.45, 7) is 0.482. The van der Waals surface area contributed by atoms with E-state index in [1.807, 2.05) is 72.1 Å². The van der Waals surface area contributed by atoms with Crippen LogP contribution in [0.15, 0.2) is 86.6 Å². The molecule has 8 heteroatoms. The lowest BCUT2D eigenvalue weighted by atomic mass is 10.2. The Labute approximate surface area is 180 Å². The van der Waals surface area contributed by atoms with Crippen LogP contribution in [-0.4, -0.2) is 19.7 Å². The van der Waals surface area contributed by atoms with Crippen LogP contribution in [0.25, 0.3) is 22.3 Å². The SMILES string of the molecule is O=c1c2ccccc2nc(SCc2nc(-c3ccccc3)no2)n1Cc1cccs1. The van der Waals surface area contributed by atoms with Crippen LogP contribution >= 0.6 is 23.1 Å². The standard InChI is InChI=1S/C22H16N4O2S2/c27-21-17-10-4-5-11-18(17)23-22(26(21)13-16-9-6-12-29-16)30-14-19-24-20(25-28-19)15-7-2-1-3-8-15/h1-12H,13-14H2. The van der Waals surface area contributed by atoms with Gasteiger partial charge in [-0.05, 0) is 23.6 Å². The van der Waals surface area contributed by atoms with Gasteiger partial charge in [0.2, 0.25) is 11.7 Å². The Hall–Kier alpha value is -3.23. The Balaban J connectivity index is 1.46. The van der Waals surface area contributed by atoms with E-state index in [0.717, 1.165) is 10.4 Å². The molecule has 0 saturated carbocycles. The lowest BCUT2D eigenvalue weighted by molar-refractivity contribution is 0.391. The van der Waals surface area contributed by atoms with Crippen LogP contribution in [0.3, 0.4) is 0 Å². The normalized spacial score (nSPS) is 11.2. The predicted octanol–water partition coefficient (Wildman–Crippen LogP) is 4.85. The minimum Gasteiger partial charge on any atom is -0.338 e. The van der Waals surface area contributed by atoms with Gasteiger partial charge in [0, 0.05) is 10.4 Å². The van der Waals surface area contributed by atoms with E-state index in [4.69, 9.17) is 9.51 Å². The quantitative estimate of drug-likeness (QED) is 0.282. The monoisotopic (exact) mass is 432 g/mol. The van der Waals surface area contributed by atoms with Crippen molar-refractivity contribution >= 4 is 34.0 Å². The molecule has 30 heavy (non-hydrogen) atoms. The van der Waals surface area contributed by atoms with Gasteiger partial charge in [0.25, 0.3) is 5.56 Å². The molecule has 3 heterocycles. The summed E-state index contributed by atoms with van der Waals surface area (Å²) in [5.41, 5.74) is 1.53. The van der Waals surface area contributed by atoms with Gasteiger partial charge in [-0.3, -0.25) is 9.36 Å². The maximum atomic E-state index is 13.1. The number of aromatic nitrogens is 4. The Morgan fingerprint density at radius 3 is 2.63 bits per heavy atom. The van der Waals surface area contributed by atoms with E-state index in [-0.39, 0.29) is 5.56 Å². The molecule has 6 nitrogen and oxygen atoms in total. The highest BCUT2D eigenvalue weighted by Gasteiger charge is 2.15. The summed E-state index contributed by atoms with van der Waals surface area (Å²) < 4.78 is 7.12. The van der Waals surface area contributed by atoms with Gasteiger partial charge in [-0.1, -0.05) is 65.4 Å². The first kappa shape index (κ1) is 18.8. The summed E-state index contributed by atoms with van der Waals surface area (Å²) in [6, 6.07) is 21.1. The molecule has 0 saturated heterocycles. The van der Waals surface area contributed by atoms with Crippen LogP contribution in [0, 0.1) is 0 Å². The number of benzene rings is 2. The summed E-state index contributed by atoms with van der Waals surface area (Å²) in [7, 11) is 0. The fourth-order valence-corrected chi connectivity index (χ4v) is 4.63. The van der Waals surface area contributed by atoms with Gasteiger partial charge < -0.3 is 4.52 Å². The van der Waals surface area contributed by atoms with Gasteiger partial charge in [0.15, 0.2) is 5.16 Å². The van der Waals surface area contributed by atoms with Crippen molar-refractivity contribution in [2.45, 2.75) is 17.5 Å². The van der Waals surface area contributed by atoms with Crippen LogP contribution in [-0.2, 0) is 12.3 Å². The van der Waals surface area contributed by atoms with Crippen molar-refractivity contribution in [2.24, 2.45) is 0 Å². The summed E-state index contributed by atoms with van der Waals surface area (Å²) in [5, 5.41) is 7.31. The van der Waals surface area contributed by atoms with Crippen LogP contribution in [0.5, 0.6) is 0 Å². The van der Waals surface area contributed by atoms with Crippen molar-refractivity contribution in [1.29, 1.82) is 0 Å². The molecule has 0 radical (unpaired) electrons. The molecular weight excluding hydrogens is 416 g/mol.